The van der Waals surface area contributed by atoms with Crippen LogP contribution in [0.2, 0.25) is 0 Å². The van der Waals surface area contributed by atoms with E-state index in [-0.39, 0.29) is 5.82 Å². The fourth-order valence-electron chi connectivity index (χ4n) is 3.73. The number of pyridine rings is 1. The van der Waals surface area contributed by atoms with Gasteiger partial charge in [0.2, 0.25) is 0 Å². The van der Waals surface area contributed by atoms with Gasteiger partial charge in [0.1, 0.15) is 5.82 Å². The molecular formula is C22H20FNO2. The van der Waals surface area contributed by atoms with Gasteiger partial charge in [0, 0.05) is 22.4 Å². The van der Waals surface area contributed by atoms with Crippen LogP contribution in [-0.2, 0) is 9.47 Å². The van der Waals surface area contributed by atoms with Gasteiger partial charge in [-0.2, -0.15) is 0 Å². The van der Waals surface area contributed by atoms with Crippen molar-refractivity contribution in [1.29, 1.82) is 0 Å². The molecule has 0 radical (unpaired) electrons. The van der Waals surface area contributed by atoms with Crippen LogP contribution in [0, 0.1) is 5.82 Å². The van der Waals surface area contributed by atoms with Crippen LogP contribution < -0.4 is 0 Å². The van der Waals surface area contributed by atoms with Crippen molar-refractivity contribution in [1.82, 2.24) is 4.98 Å². The lowest BCUT2D eigenvalue weighted by Gasteiger charge is -2.28. The average molecular weight is 349 g/mol. The quantitative estimate of drug-likeness (QED) is 0.638. The predicted molar refractivity (Wildman–Crippen MR) is 98.4 cm³/mol. The number of fused-ring (bicyclic) bond motifs is 1. The highest BCUT2D eigenvalue weighted by Gasteiger charge is 2.34. The summed E-state index contributed by atoms with van der Waals surface area (Å²) >= 11 is 0. The van der Waals surface area contributed by atoms with Crippen molar-refractivity contribution >= 4 is 10.9 Å². The number of rotatable bonds is 3. The van der Waals surface area contributed by atoms with Gasteiger partial charge in [0.15, 0.2) is 6.29 Å². The summed E-state index contributed by atoms with van der Waals surface area (Å²) in [7, 11) is 0. The van der Waals surface area contributed by atoms with Crippen LogP contribution in [0.15, 0.2) is 48.5 Å². The molecule has 26 heavy (non-hydrogen) atoms. The van der Waals surface area contributed by atoms with E-state index in [0.29, 0.717) is 19.1 Å². The monoisotopic (exact) mass is 349 g/mol. The van der Waals surface area contributed by atoms with E-state index in [0.717, 1.165) is 52.5 Å². The fourth-order valence-corrected chi connectivity index (χ4v) is 3.73. The highest BCUT2D eigenvalue weighted by molar-refractivity contribution is 5.97. The van der Waals surface area contributed by atoms with Crippen LogP contribution >= 0.6 is 0 Å². The first kappa shape index (κ1) is 15.9. The van der Waals surface area contributed by atoms with Gasteiger partial charge in [-0.15, -0.1) is 0 Å². The first-order valence-corrected chi connectivity index (χ1v) is 9.23. The average Bonchev–Trinajstić information content (AvgIpc) is 3.53. The van der Waals surface area contributed by atoms with E-state index in [4.69, 9.17) is 14.5 Å². The lowest BCUT2D eigenvalue weighted by molar-refractivity contribution is -0.183. The second-order valence-electron chi connectivity index (χ2n) is 7.01. The molecule has 1 aliphatic carbocycles. The number of halogens is 1. The van der Waals surface area contributed by atoms with Crippen molar-refractivity contribution in [2.45, 2.75) is 31.5 Å². The van der Waals surface area contributed by atoms with E-state index in [9.17, 15) is 4.39 Å². The molecule has 1 aliphatic heterocycles. The fraction of sp³-hybridized carbons (Fsp3) is 0.318. The van der Waals surface area contributed by atoms with Gasteiger partial charge in [0.25, 0.3) is 0 Å². The second kappa shape index (κ2) is 6.45. The molecule has 2 heterocycles. The Morgan fingerprint density at radius 1 is 0.923 bits per heavy atom. The SMILES string of the molecule is Fc1ccc(-c2c(C3OCCCO3)c(C3CC3)nc3ccccc23)cc1. The molecule has 0 N–H and O–H groups in total. The maximum atomic E-state index is 13.5. The molecule has 4 heteroatoms. The Kier molecular flexibility index (Phi) is 3.95. The third-order valence-electron chi connectivity index (χ3n) is 5.12. The number of benzene rings is 2. The Morgan fingerprint density at radius 3 is 2.38 bits per heavy atom. The first-order valence-electron chi connectivity index (χ1n) is 9.23. The van der Waals surface area contributed by atoms with Crippen molar-refractivity contribution in [3.05, 3.63) is 65.6 Å². The van der Waals surface area contributed by atoms with Crippen LogP contribution in [0.3, 0.4) is 0 Å². The second-order valence-corrected chi connectivity index (χ2v) is 7.01. The third-order valence-corrected chi connectivity index (χ3v) is 5.12. The molecule has 0 spiro atoms. The van der Waals surface area contributed by atoms with E-state index >= 15 is 0 Å². The summed E-state index contributed by atoms with van der Waals surface area (Å²) in [5.74, 6) is 0.226. The number of nitrogens with zero attached hydrogens (tertiary/aromatic N) is 1. The number of hydrogen-bond donors (Lipinski definition) is 0. The van der Waals surface area contributed by atoms with Crippen molar-refractivity contribution < 1.29 is 13.9 Å². The summed E-state index contributed by atoms with van der Waals surface area (Å²) in [5, 5.41) is 1.05. The van der Waals surface area contributed by atoms with Crippen LogP contribution in [0.5, 0.6) is 0 Å². The first-order chi connectivity index (χ1) is 12.8. The zero-order valence-electron chi connectivity index (χ0n) is 14.5. The summed E-state index contributed by atoms with van der Waals surface area (Å²) in [6.07, 6.45) is 2.79. The van der Waals surface area contributed by atoms with Gasteiger partial charge in [-0.05, 0) is 43.0 Å². The minimum absolute atomic E-state index is 0.235. The zero-order chi connectivity index (χ0) is 17.5. The molecule has 5 rings (SSSR count). The molecule has 1 saturated carbocycles. The lowest BCUT2D eigenvalue weighted by atomic mass is 9.92. The highest BCUT2D eigenvalue weighted by Crippen LogP contribution is 2.48. The zero-order valence-corrected chi connectivity index (χ0v) is 14.5. The van der Waals surface area contributed by atoms with Crippen LogP contribution in [0.4, 0.5) is 4.39 Å². The molecule has 2 aliphatic rings. The maximum Gasteiger partial charge on any atom is 0.186 e. The Morgan fingerprint density at radius 2 is 1.65 bits per heavy atom. The highest BCUT2D eigenvalue weighted by atomic mass is 19.1. The number of ether oxygens (including phenoxy) is 2. The van der Waals surface area contributed by atoms with Crippen molar-refractivity contribution in [3.8, 4) is 11.1 Å². The Bertz CT molecular complexity index is 944. The van der Waals surface area contributed by atoms with Crippen molar-refractivity contribution in [3.63, 3.8) is 0 Å². The standard InChI is InChI=1S/C22H20FNO2/c23-16-10-8-14(9-11-16)19-17-4-1-2-5-18(17)24-21(15-6-7-15)20(19)22-25-12-3-13-26-22/h1-2,4-5,8-11,15,22H,3,6-7,12-13H2. The van der Waals surface area contributed by atoms with Crippen molar-refractivity contribution in [2.24, 2.45) is 0 Å². The molecule has 3 aromatic rings. The molecule has 0 amide bonds. The van der Waals surface area contributed by atoms with Crippen LogP contribution in [0.1, 0.15) is 42.7 Å². The van der Waals surface area contributed by atoms with E-state index < -0.39 is 6.29 Å². The van der Waals surface area contributed by atoms with Gasteiger partial charge in [0.05, 0.1) is 24.4 Å². The maximum absolute atomic E-state index is 13.5. The summed E-state index contributed by atoms with van der Waals surface area (Å²) < 4.78 is 25.5. The molecule has 0 bridgehead atoms. The normalized spacial score (nSPS) is 18.3. The Balaban J connectivity index is 1.81. The van der Waals surface area contributed by atoms with E-state index in [2.05, 4.69) is 6.07 Å². The van der Waals surface area contributed by atoms with E-state index in [1.54, 1.807) is 0 Å². The Labute approximate surface area is 151 Å². The largest absolute Gasteiger partial charge is 0.348 e. The molecule has 3 nitrogen and oxygen atoms in total. The summed E-state index contributed by atoms with van der Waals surface area (Å²) in [6.45, 7) is 1.37. The van der Waals surface area contributed by atoms with E-state index in [1.165, 1.54) is 12.1 Å². The third kappa shape index (κ3) is 2.79. The minimum Gasteiger partial charge on any atom is -0.348 e. The molecule has 1 saturated heterocycles. The van der Waals surface area contributed by atoms with Gasteiger partial charge in [-0.1, -0.05) is 30.3 Å². The van der Waals surface area contributed by atoms with Crippen LogP contribution in [-0.4, -0.2) is 18.2 Å². The lowest BCUT2D eigenvalue weighted by Crippen LogP contribution is -2.20. The molecule has 132 valence electrons. The van der Waals surface area contributed by atoms with Gasteiger partial charge in [-0.25, -0.2) is 4.39 Å². The summed E-state index contributed by atoms with van der Waals surface area (Å²) in [5.41, 5.74) is 5.10. The van der Waals surface area contributed by atoms with Crippen molar-refractivity contribution in [2.75, 3.05) is 13.2 Å². The van der Waals surface area contributed by atoms with Gasteiger partial charge in [-0.3, -0.25) is 4.98 Å². The Hall–Kier alpha value is -2.30. The number of aromatic nitrogens is 1. The molecular weight excluding hydrogens is 329 g/mol. The minimum atomic E-state index is -0.406. The van der Waals surface area contributed by atoms with Gasteiger partial charge < -0.3 is 9.47 Å². The number of hydrogen-bond acceptors (Lipinski definition) is 3. The molecule has 2 fully saturated rings. The van der Waals surface area contributed by atoms with Crippen LogP contribution in [0.25, 0.3) is 22.0 Å². The van der Waals surface area contributed by atoms with Gasteiger partial charge >= 0.3 is 0 Å². The predicted octanol–water partition coefficient (Wildman–Crippen LogP) is 5.35. The summed E-state index contributed by atoms with van der Waals surface area (Å²) in [6, 6.07) is 14.8. The molecule has 2 aromatic carbocycles. The molecule has 0 unspecified atom stereocenters. The smallest absolute Gasteiger partial charge is 0.186 e. The van der Waals surface area contributed by atoms with E-state index in [1.807, 2.05) is 30.3 Å². The molecule has 1 aromatic heterocycles. The summed E-state index contributed by atoms with van der Waals surface area (Å²) in [4.78, 5) is 4.98. The number of para-hydroxylation sites is 1. The topological polar surface area (TPSA) is 31.4 Å². The molecule has 0 atom stereocenters.